The number of methoxy groups -OCH3 is 1. The van der Waals surface area contributed by atoms with Gasteiger partial charge in [-0.15, -0.1) is 12.4 Å². The van der Waals surface area contributed by atoms with Crippen molar-refractivity contribution in [2.24, 2.45) is 22.4 Å². The normalized spacial score (nSPS) is 13.3. The van der Waals surface area contributed by atoms with Crippen molar-refractivity contribution in [3.05, 3.63) is 65.7 Å². The molecule has 0 heterocycles. The minimum Gasteiger partial charge on any atom is -0.488 e. The molecule has 0 unspecified atom stereocenters. The van der Waals surface area contributed by atoms with Crippen LogP contribution < -0.4 is 48.1 Å². The second-order valence-corrected chi connectivity index (χ2v) is 21.3. The Hall–Kier alpha value is -6.84. The first kappa shape index (κ1) is 67.2. The van der Waals surface area contributed by atoms with Crippen LogP contribution in [0.1, 0.15) is 132 Å². The molecule has 2 aromatic rings. The maximum atomic E-state index is 14.4. The lowest BCUT2D eigenvalue weighted by Gasteiger charge is -2.28. The van der Waals surface area contributed by atoms with Gasteiger partial charge in [-0.2, -0.15) is 0 Å². The molecule has 5 atom stereocenters. The highest BCUT2D eigenvalue weighted by Gasteiger charge is 2.35. The standard InChI is InChI=1S/C53H83N9O13.ClH/c1-33(2)42(46(67)60-40(47(68)71-12)31-34-23-25-36(26-24-34)73-51(3,4)5)62-45(66)39(27-28-41(63)74-52(6,7)8)59-43(64)37(22-18-30-56-48(54)55)58-44(65)38(21-16-17-29-57-49(69)75-53(9,10)11)61-50(70)72-32-35-19-14-13-15-20-35;/h13-15,19-20,23-26,33,37-40,42H,16-18,21-22,27-32H2,1-12H3,(H,57,69)(H,58,65)(H,59,64)(H,60,67)(H,61,70)(H,62,66)(H4,54,55,56);1H/t37-,38+,39-,40-,42-;/m0./s1. The molecule has 0 fully saturated rings. The number of hydrogen-bond donors (Lipinski definition) is 8. The fourth-order valence-electron chi connectivity index (χ4n) is 7.06. The maximum absolute atomic E-state index is 14.4. The van der Waals surface area contributed by atoms with E-state index in [1.807, 2.05) is 20.8 Å². The third-order valence-corrected chi connectivity index (χ3v) is 10.5. The molecule has 6 amide bonds. The lowest BCUT2D eigenvalue weighted by atomic mass is 10.00. The van der Waals surface area contributed by atoms with E-state index in [1.165, 1.54) is 7.11 Å². The van der Waals surface area contributed by atoms with E-state index in [4.69, 9.17) is 35.2 Å². The molecule has 22 nitrogen and oxygen atoms in total. The molecular formula is C53H84ClN9O13. The van der Waals surface area contributed by atoms with Crippen molar-refractivity contribution < 1.29 is 62.0 Å². The van der Waals surface area contributed by atoms with Crippen LogP contribution >= 0.6 is 12.4 Å². The number of rotatable bonds is 28. The van der Waals surface area contributed by atoms with Gasteiger partial charge in [0.1, 0.15) is 59.4 Å². The Kier molecular flexibility index (Phi) is 28.8. The maximum Gasteiger partial charge on any atom is 0.408 e. The molecule has 0 bridgehead atoms. The van der Waals surface area contributed by atoms with Gasteiger partial charge in [-0.05, 0) is 130 Å². The number of alkyl carbamates (subject to hydrolysis) is 2. The zero-order chi connectivity index (χ0) is 56.5. The summed E-state index contributed by atoms with van der Waals surface area (Å²) in [6, 6.07) is 9.32. The predicted octanol–water partition coefficient (Wildman–Crippen LogP) is 4.76. The molecule has 23 heteroatoms. The first-order valence-electron chi connectivity index (χ1n) is 25.2. The van der Waals surface area contributed by atoms with Crippen molar-refractivity contribution in [1.29, 1.82) is 0 Å². The van der Waals surface area contributed by atoms with Crippen molar-refractivity contribution in [2.45, 2.75) is 181 Å². The predicted molar refractivity (Wildman–Crippen MR) is 289 cm³/mol. The largest absolute Gasteiger partial charge is 0.488 e. The number of nitrogens with zero attached hydrogens (tertiary/aromatic N) is 1. The Balaban J connectivity index is 0.0000289. The summed E-state index contributed by atoms with van der Waals surface area (Å²) in [5.41, 5.74) is 10.4. The summed E-state index contributed by atoms with van der Waals surface area (Å²) in [5.74, 6) is -4.82. The number of carbonyl (C=O) groups excluding carboxylic acids is 8. The lowest BCUT2D eigenvalue weighted by Crippen LogP contribution is -2.60. The lowest BCUT2D eigenvalue weighted by molar-refractivity contribution is -0.155. The number of carbonyl (C=O) groups is 8. The average molecular weight is 1090 g/mol. The molecule has 0 aliphatic carbocycles. The van der Waals surface area contributed by atoms with E-state index in [1.54, 1.807) is 110 Å². The number of aliphatic imine (C=N–C) groups is 1. The Bertz CT molecular complexity index is 2210. The highest BCUT2D eigenvalue weighted by Crippen LogP contribution is 2.20. The van der Waals surface area contributed by atoms with Crippen molar-refractivity contribution in [1.82, 2.24) is 31.9 Å². The highest BCUT2D eigenvalue weighted by atomic mass is 35.5. The van der Waals surface area contributed by atoms with Gasteiger partial charge in [0, 0.05) is 25.9 Å². The fourth-order valence-corrected chi connectivity index (χ4v) is 7.06. The van der Waals surface area contributed by atoms with Crippen molar-refractivity contribution in [3.63, 3.8) is 0 Å². The minimum atomic E-state index is -1.49. The highest BCUT2D eigenvalue weighted by molar-refractivity contribution is 5.96. The third-order valence-electron chi connectivity index (χ3n) is 10.5. The van der Waals surface area contributed by atoms with Crippen LogP contribution in [-0.2, 0) is 60.7 Å². The molecular weight excluding hydrogens is 1010 g/mol. The monoisotopic (exact) mass is 1090 g/mol. The molecule has 0 saturated carbocycles. The van der Waals surface area contributed by atoms with Gasteiger partial charge in [-0.25, -0.2) is 14.4 Å². The Morgan fingerprint density at radius 2 is 1.13 bits per heavy atom. The van der Waals surface area contributed by atoms with E-state index >= 15 is 0 Å². The summed E-state index contributed by atoms with van der Waals surface area (Å²) in [4.78, 5) is 112. The van der Waals surface area contributed by atoms with Crippen LogP contribution in [0.25, 0.3) is 0 Å². The Morgan fingerprint density at radius 3 is 1.67 bits per heavy atom. The molecule has 0 aliphatic rings. The molecule has 10 N–H and O–H groups in total. The number of unbranched alkanes of at least 4 members (excludes halogenated alkanes) is 1. The first-order chi connectivity index (χ1) is 34.9. The van der Waals surface area contributed by atoms with Crippen molar-refractivity contribution >= 4 is 66.1 Å². The van der Waals surface area contributed by atoms with Crippen LogP contribution in [0.5, 0.6) is 5.75 Å². The SMILES string of the molecule is COC(=O)[C@H](Cc1ccc(OC(C)(C)C)cc1)NC(=O)[C@@H](NC(=O)[C@H](CCC(=O)OC(C)(C)C)NC(=O)[C@H](CCCN=C(N)N)NC(=O)[C@@H](CCCCNC(=O)OC(C)(C)C)NC(=O)OCc1ccccc1)C(C)C.Cl. The molecule has 0 spiro atoms. The van der Waals surface area contributed by atoms with Crippen LogP contribution in [0, 0.1) is 5.92 Å². The van der Waals surface area contributed by atoms with Crippen molar-refractivity contribution in [2.75, 3.05) is 20.2 Å². The van der Waals surface area contributed by atoms with Crippen LogP contribution in [0.2, 0.25) is 0 Å². The number of guanidine groups is 1. The number of esters is 2. The van der Waals surface area contributed by atoms with Gasteiger partial charge in [-0.1, -0.05) is 56.3 Å². The van der Waals surface area contributed by atoms with E-state index in [0.29, 0.717) is 29.7 Å². The molecule has 2 aromatic carbocycles. The fraction of sp³-hybridized carbons (Fsp3) is 0.604. The zero-order valence-electron chi connectivity index (χ0n) is 46.3. The Morgan fingerprint density at radius 1 is 0.592 bits per heavy atom. The van der Waals surface area contributed by atoms with Crippen molar-refractivity contribution in [3.8, 4) is 5.75 Å². The van der Waals surface area contributed by atoms with Gasteiger partial charge in [-0.3, -0.25) is 29.0 Å². The minimum absolute atomic E-state index is 0. The summed E-state index contributed by atoms with van der Waals surface area (Å²) in [5, 5.41) is 16.0. The van der Waals surface area contributed by atoms with Gasteiger partial charge in [0.2, 0.25) is 23.6 Å². The number of nitrogens with two attached hydrogens (primary N) is 2. The van der Waals surface area contributed by atoms with Crippen LogP contribution in [0.15, 0.2) is 59.6 Å². The van der Waals surface area contributed by atoms with Gasteiger partial charge >= 0.3 is 24.1 Å². The topological polar surface area (TPSA) is 319 Å². The zero-order valence-corrected chi connectivity index (χ0v) is 47.1. The van der Waals surface area contributed by atoms with Gasteiger partial charge in [0.15, 0.2) is 5.96 Å². The summed E-state index contributed by atoms with van der Waals surface area (Å²) >= 11 is 0. The van der Waals surface area contributed by atoms with Crippen LogP contribution in [0.3, 0.4) is 0 Å². The van der Waals surface area contributed by atoms with E-state index in [9.17, 15) is 38.4 Å². The first-order valence-corrected chi connectivity index (χ1v) is 25.2. The summed E-state index contributed by atoms with van der Waals surface area (Å²) in [7, 11) is 1.19. The number of nitrogens with one attached hydrogen (secondary N) is 6. The molecule has 0 saturated heterocycles. The molecule has 0 radical (unpaired) electrons. The molecule has 76 heavy (non-hydrogen) atoms. The molecule has 426 valence electrons. The van der Waals surface area contributed by atoms with Gasteiger partial charge in [0.25, 0.3) is 0 Å². The number of benzene rings is 2. The summed E-state index contributed by atoms with van der Waals surface area (Å²) in [6.45, 7) is 19.4. The number of halogens is 1. The average Bonchev–Trinajstić information content (AvgIpc) is 3.30. The summed E-state index contributed by atoms with van der Waals surface area (Å²) in [6.07, 6.45) is -1.34. The number of hydrogen-bond acceptors (Lipinski definition) is 14. The van der Waals surface area contributed by atoms with E-state index in [2.05, 4.69) is 36.9 Å². The second kappa shape index (κ2) is 32.6. The number of ether oxygens (including phenoxy) is 5. The quantitative estimate of drug-likeness (QED) is 0.0187. The van der Waals surface area contributed by atoms with Gasteiger partial charge < -0.3 is 67.1 Å². The summed E-state index contributed by atoms with van der Waals surface area (Å²) < 4.78 is 27.1. The van der Waals surface area contributed by atoms with Crippen LogP contribution in [0.4, 0.5) is 9.59 Å². The number of amides is 6. The molecule has 0 aliphatic heterocycles. The van der Waals surface area contributed by atoms with Gasteiger partial charge in [0.05, 0.1) is 7.11 Å². The third kappa shape index (κ3) is 28.7. The van der Waals surface area contributed by atoms with E-state index in [-0.39, 0.29) is 76.6 Å². The van der Waals surface area contributed by atoms with E-state index < -0.39 is 101 Å². The van der Waals surface area contributed by atoms with E-state index in [0.717, 1.165) is 0 Å². The molecule has 0 aromatic heterocycles. The molecule has 2 rings (SSSR count). The Labute approximate surface area is 453 Å². The smallest absolute Gasteiger partial charge is 0.408 e. The second-order valence-electron chi connectivity index (χ2n) is 21.3. The van der Waals surface area contributed by atoms with Crippen LogP contribution in [-0.4, -0.2) is 121 Å².